The van der Waals surface area contributed by atoms with Gasteiger partial charge in [-0.1, -0.05) is 24.3 Å². The van der Waals surface area contributed by atoms with Gasteiger partial charge in [0.05, 0.1) is 6.54 Å². The second-order valence-corrected chi connectivity index (χ2v) is 5.68. The topological polar surface area (TPSA) is 39.3 Å². The number of benzene rings is 1. The summed E-state index contributed by atoms with van der Waals surface area (Å²) in [6.07, 6.45) is 1.70. The molecule has 0 fully saturated rings. The molecule has 3 rings (SSSR count). The van der Waals surface area contributed by atoms with Crippen LogP contribution in [0.2, 0.25) is 0 Å². The number of halogens is 1. The Kier molecular flexibility index (Phi) is 4.06. The van der Waals surface area contributed by atoms with Gasteiger partial charge in [0.1, 0.15) is 5.82 Å². The smallest absolute Gasteiger partial charge is 0.250 e. The Hall–Kier alpha value is -2.08. The van der Waals surface area contributed by atoms with Crippen LogP contribution >= 0.6 is 11.8 Å². The number of nitrogens with zero attached hydrogens (tertiary/aromatic N) is 3. The number of thioether (sulfide) groups is 1. The fraction of sp³-hybridized carbons (Fsp3) is 0.200. The van der Waals surface area contributed by atoms with Gasteiger partial charge in [-0.15, -0.1) is 5.10 Å². The summed E-state index contributed by atoms with van der Waals surface area (Å²) < 4.78 is 16.4. The molecule has 2 heterocycles. The largest absolute Gasteiger partial charge is 0.350 e. The highest BCUT2D eigenvalue weighted by Gasteiger charge is 2.06. The summed E-state index contributed by atoms with van der Waals surface area (Å²) in [5, 5.41) is 4.25. The molecule has 6 heteroatoms. The van der Waals surface area contributed by atoms with Crippen molar-refractivity contribution in [3.8, 4) is 0 Å². The first kappa shape index (κ1) is 13.9. The zero-order valence-corrected chi connectivity index (χ0v) is 12.1. The highest BCUT2D eigenvalue weighted by atomic mass is 32.2. The molecular weight excluding hydrogens is 289 g/mol. The summed E-state index contributed by atoms with van der Waals surface area (Å²) in [7, 11) is 0. The van der Waals surface area contributed by atoms with E-state index in [0.29, 0.717) is 29.3 Å². The lowest BCUT2D eigenvalue weighted by molar-refractivity contribution is 0.617. The average Bonchev–Trinajstić information content (AvgIpc) is 2.82. The highest BCUT2D eigenvalue weighted by Crippen LogP contribution is 2.15. The third-order valence-corrected chi connectivity index (χ3v) is 4.14. The standard InChI is InChI=1S/C15H14FN3OS/c16-13-6-2-1-5-12(13)11-21-10-9-19-15(20)18-8-4-3-7-14(18)17-19/h1-8H,9-11H2. The fourth-order valence-electron chi connectivity index (χ4n) is 2.06. The minimum atomic E-state index is -0.185. The molecule has 0 aliphatic heterocycles. The maximum Gasteiger partial charge on any atom is 0.350 e. The number of aryl methyl sites for hydroxylation is 1. The molecule has 0 N–H and O–H groups in total. The molecule has 0 spiro atoms. The van der Waals surface area contributed by atoms with E-state index in [0.717, 1.165) is 0 Å². The van der Waals surface area contributed by atoms with E-state index in [1.807, 2.05) is 12.1 Å². The quantitative estimate of drug-likeness (QED) is 0.680. The van der Waals surface area contributed by atoms with Crippen molar-refractivity contribution in [1.82, 2.24) is 14.2 Å². The van der Waals surface area contributed by atoms with Crippen LogP contribution in [0.25, 0.3) is 5.65 Å². The minimum absolute atomic E-state index is 0.142. The highest BCUT2D eigenvalue weighted by molar-refractivity contribution is 7.98. The van der Waals surface area contributed by atoms with Crippen molar-refractivity contribution >= 4 is 17.4 Å². The zero-order valence-electron chi connectivity index (χ0n) is 11.3. The zero-order chi connectivity index (χ0) is 14.7. The normalized spacial score (nSPS) is 11.1. The molecule has 0 atom stereocenters. The molecule has 0 radical (unpaired) electrons. The molecule has 3 aromatic rings. The number of fused-ring (bicyclic) bond motifs is 1. The van der Waals surface area contributed by atoms with Crippen LogP contribution in [0.1, 0.15) is 5.56 Å². The molecule has 108 valence electrons. The van der Waals surface area contributed by atoms with Gasteiger partial charge >= 0.3 is 5.69 Å². The first-order valence-electron chi connectivity index (χ1n) is 6.61. The molecule has 21 heavy (non-hydrogen) atoms. The van der Waals surface area contributed by atoms with Crippen molar-refractivity contribution in [2.24, 2.45) is 0 Å². The molecule has 0 amide bonds. The summed E-state index contributed by atoms with van der Waals surface area (Å²) in [5.41, 5.74) is 1.18. The molecular formula is C15H14FN3OS. The number of hydrogen-bond donors (Lipinski definition) is 0. The SMILES string of the molecule is O=c1n(CCSCc2ccccc2F)nc2ccccn12. The lowest BCUT2D eigenvalue weighted by Gasteiger charge is -2.02. The lowest BCUT2D eigenvalue weighted by Crippen LogP contribution is -2.22. The summed E-state index contributed by atoms with van der Waals surface area (Å²) in [6, 6.07) is 12.2. The molecule has 1 aromatic carbocycles. The van der Waals surface area contributed by atoms with E-state index in [4.69, 9.17) is 0 Å². The van der Waals surface area contributed by atoms with Gasteiger partial charge in [0.2, 0.25) is 0 Å². The Balaban J connectivity index is 1.61. The number of aromatic nitrogens is 3. The van der Waals surface area contributed by atoms with E-state index in [9.17, 15) is 9.18 Å². The van der Waals surface area contributed by atoms with Crippen LogP contribution in [-0.4, -0.2) is 19.9 Å². The molecule has 4 nitrogen and oxygen atoms in total. The maximum absolute atomic E-state index is 13.5. The predicted octanol–water partition coefficient (Wildman–Crippen LogP) is 2.57. The van der Waals surface area contributed by atoms with Crippen molar-refractivity contribution in [2.75, 3.05) is 5.75 Å². The third-order valence-electron chi connectivity index (χ3n) is 3.15. The van der Waals surface area contributed by atoms with E-state index < -0.39 is 0 Å². The van der Waals surface area contributed by atoms with Crippen LogP contribution in [-0.2, 0) is 12.3 Å². The fourth-order valence-corrected chi connectivity index (χ4v) is 2.96. The van der Waals surface area contributed by atoms with E-state index in [1.165, 1.54) is 15.1 Å². The second kappa shape index (κ2) is 6.13. The predicted molar refractivity (Wildman–Crippen MR) is 82.0 cm³/mol. The van der Waals surface area contributed by atoms with Crippen LogP contribution in [0.3, 0.4) is 0 Å². The van der Waals surface area contributed by atoms with Crippen molar-refractivity contribution in [2.45, 2.75) is 12.3 Å². The van der Waals surface area contributed by atoms with Crippen LogP contribution in [0.5, 0.6) is 0 Å². The van der Waals surface area contributed by atoms with Gasteiger partial charge in [0.15, 0.2) is 5.65 Å². The van der Waals surface area contributed by atoms with Crippen molar-refractivity contribution in [3.63, 3.8) is 0 Å². The first-order valence-corrected chi connectivity index (χ1v) is 7.76. The van der Waals surface area contributed by atoms with Gasteiger partial charge in [-0.3, -0.25) is 4.40 Å². The Morgan fingerprint density at radius 3 is 2.76 bits per heavy atom. The van der Waals surface area contributed by atoms with Crippen LogP contribution < -0.4 is 5.69 Å². The molecule has 0 unspecified atom stereocenters. The Morgan fingerprint density at radius 1 is 1.14 bits per heavy atom. The molecule has 0 saturated carbocycles. The van der Waals surface area contributed by atoms with Gasteiger partial charge in [-0.2, -0.15) is 11.8 Å². The molecule has 0 bridgehead atoms. The monoisotopic (exact) mass is 303 g/mol. The third kappa shape index (κ3) is 3.00. The lowest BCUT2D eigenvalue weighted by atomic mass is 10.2. The summed E-state index contributed by atoms with van der Waals surface area (Å²) >= 11 is 1.58. The average molecular weight is 303 g/mol. The van der Waals surface area contributed by atoms with E-state index in [-0.39, 0.29) is 11.5 Å². The van der Waals surface area contributed by atoms with Gasteiger partial charge in [0.25, 0.3) is 0 Å². The Morgan fingerprint density at radius 2 is 1.95 bits per heavy atom. The van der Waals surface area contributed by atoms with Crippen molar-refractivity contribution < 1.29 is 4.39 Å². The van der Waals surface area contributed by atoms with Crippen LogP contribution in [0.4, 0.5) is 4.39 Å². The summed E-state index contributed by atoms with van der Waals surface area (Å²) in [5.74, 6) is 1.11. The van der Waals surface area contributed by atoms with Crippen molar-refractivity contribution in [3.05, 3.63) is 70.5 Å². The summed E-state index contributed by atoms with van der Waals surface area (Å²) in [6.45, 7) is 0.514. The summed E-state index contributed by atoms with van der Waals surface area (Å²) in [4.78, 5) is 12.0. The van der Waals surface area contributed by atoms with Gasteiger partial charge in [-0.05, 0) is 23.8 Å². The number of rotatable bonds is 5. The van der Waals surface area contributed by atoms with Crippen LogP contribution in [0, 0.1) is 5.82 Å². The van der Waals surface area contributed by atoms with Gasteiger partial charge in [-0.25, -0.2) is 13.9 Å². The van der Waals surface area contributed by atoms with Gasteiger partial charge < -0.3 is 0 Å². The number of pyridine rings is 1. The number of hydrogen-bond acceptors (Lipinski definition) is 3. The van der Waals surface area contributed by atoms with E-state index >= 15 is 0 Å². The maximum atomic E-state index is 13.5. The second-order valence-electron chi connectivity index (χ2n) is 4.58. The van der Waals surface area contributed by atoms with E-state index in [1.54, 1.807) is 42.2 Å². The van der Waals surface area contributed by atoms with Crippen LogP contribution in [0.15, 0.2) is 53.5 Å². The molecule has 0 aliphatic carbocycles. The molecule has 0 aliphatic rings. The minimum Gasteiger partial charge on any atom is -0.250 e. The molecule has 2 aromatic heterocycles. The Labute approximate surface area is 125 Å². The first-order chi connectivity index (χ1) is 10.3. The van der Waals surface area contributed by atoms with Gasteiger partial charge in [0, 0.05) is 17.7 Å². The van der Waals surface area contributed by atoms with E-state index in [2.05, 4.69) is 5.10 Å². The molecule has 0 saturated heterocycles. The van der Waals surface area contributed by atoms with Crippen molar-refractivity contribution in [1.29, 1.82) is 0 Å². The Bertz CT molecular complexity index is 812.